The number of rotatable bonds is 12. The number of hydrogen-bond acceptors (Lipinski definition) is 8. The molecule has 0 bridgehead atoms. The zero-order valence-corrected chi connectivity index (χ0v) is 22.3. The summed E-state index contributed by atoms with van der Waals surface area (Å²) >= 11 is 1.43. The number of anilines is 1. The molecule has 1 amide bonds. The van der Waals surface area contributed by atoms with Crippen LogP contribution in [0.15, 0.2) is 54.9 Å². The average Bonchev–Trinajstić information content (AvgIpc) is 3.33. The molecular formula is C28H31N3O5S. The van der Waals surface area contributed by atoms with Gasteiger partial charge in [-0.3, -0.25) is 14.7 Å². The first-order valence-electron chi connectivity index (χ1n) is 12.4. The van der Waals surface area contributed by atoms with Crippen LogP contribution in [0.4, 0.5) is 5.13 Å². The molecular weight excluding hydrogens is 490 g/mol. The second-order valence-corrected chi connectivity index (χ2v) is 8.92. The molecule has 0 aliphatic carbocycles. The minimum atomic E-state index is -0.238. The van der Waals surface area contributed by atoms with Gasteiger partial charge in [0.15, 0.2) is 16.6 Å². The highest BCUT2D eigenvalue weighted by Gasteiger charge is 2.25. The summed E-state index contributed by atoms with van der Waals surface area (Å²) < 4.78 is 24.1. The van der Waals surface area contributed by atoms with Crippen LogP contribution >= 0.6 is 11.3 Å². The lowest BCUT2D eigenvalue weighted by Crippen LogP contribution is -2.30. The molecule has 4 aromatic rings. The first-order valence-corrected chi connectivity index (χ1v) is 13.2. The summed E-state index contributed by atoms with van der Waals surface area (Å²) in [5.74, 6) is 1.95. The molecule has 0 saturated carbocycles. The third kappa shape index (κ3) is 6.11. The van der Waals surface area contributed by atoms with E-state index in [1.165, 1.54) is 11.3 Å². The molecule has 0 saturated heterocycles. The second kappa shape index (κ2) is 12.4. The Morgan fingerprint density at radius 3 is 2.22 bits per heavy atom. The van der Waals surface area contributed by atoms with Gasteiger partial charge < -0.3 is 18.9 Å². The maximum Gasteiger partial charge on any atom is 0.260 e. The van der Waals surface area contributed by atoms with E-state index in [0.717, 1.165) is 21.5 Å². The summed E-state index contributed by atoms with van der Waals surface area (Å²) in [6.07, 6.45) is 3.45. The van der Waals surface area contributed by atoms with Crippen molar-refractivity contribution in [1.82, 2.24) is 9.97 Å². The van der Waals surface area contributed by atoms with Crippen LogP contribution in [0.1, 0.15) is 43.6 Å². The van der Waals surface area contributed by atoms with Gasteiger partial charge in [-0.05, 0) is 69.7 Å². The Hall–Kier alpha value is -3.85. The standard InChI is InChI=1S/C28H31N3O5S/c1-5-33-21-11-12-22-25(16-21)37-28(30-22)31(18-19-10-9-13-29-17-19)27(32)20-14-23(34-6-2)26(36-8-4)24(15-20)35-7-3/h9-17H,5-8,18H2,1-4H3. The lowest BCUT2D eigenvalue weighted by Gasteiger charge is -2.22. The van der Waals surface area contributed by atoms with Crippen molar-refractivity contribution < 1.29 is 23.7 Å². The fourth-order valence-electron chi connectivity index (χ4n) is 3.83. The molecule has 0 N–H and O–H groups in total. The molecule has 0 unspecified atom stereocenters. The van der Waals surface area contributed by atoms with Gasteiger partial charge >= 0.3 is 0 Å². The van der Waals surface area contributed by atoms with Crippen molar-refractivity contribution in [3.8, 4) is 23.0 Å². The Morgan fingerprint density at radius 2 is 1.59 bits per heavy atom. The topological polar surface area (TPSA) is 83.0 Å². The number of thiazole rings is 1. The van der Waals surface area contributed by atoms with Crippen molar-refractivity contribution in [2.75, 3.05) is 31.3 Å². The maximum absolute atomic E-state index is 14.1. The van der Waals surface area contributed by atoms with E-state index in [9.17, 15) is 4.79 Å². The largest absolute Gasteiger partial charge is 0.494 e. The minimum Gasteiger partial charge on any atom is -0.494 e. The van der Waals surface area contributed by atoms with E-state index in [0.29, 0.717) is 60.9 Å². The Morgan fingerprint density at radius 1 is 0.892 bits per heavy atom. The molecule has 2 aromatic heterocycles. The first-order chi connectivity index (χ1) is 18.1. The molecule has 0 spiro atoms. The van der Waals surface area contributed by atoms with Crippen LogP contribution in [0.25, 0.3) is 10.2 Å². The number of pyridine rings is 1. The number of ether oxygens (including phenoxy) is 4. The van der Waals surface area contributed by atoms with Crippen LogP contribution in [-0.4, -0.2) is 42.3 Å². The summed E-state index contributed by atoms with van der Waals surface area (Å²) in [5, 5.41) is 0.572. The summed E-state index contributed by atoms with van der Waals surface area (Å²) in [5.41, 5.74) is 2.09. The highest BCUT2D eigenvalue weighted by molar-refractivity contribution is 7.22. The normalized spacial score (nSPS) is 10.8. The van der Waals surface area contributed by atoms with Gasteiger partial charge in [0.05, 0.1) is 43.2 Å². The van der Waals surface area contributed by atoms with E-state index in [-0.39, 0.29) is 5.91 Å². The molecule has 0 fully saturated rings. The Bertz CT molecular complexity index is 1320. The molecule has 0 aliphatic heterocycles. The van der Waals surface area contributed by atoms with Crippen molar-refractivity contribution in [2.45, 2.75) is 34.2 Å². The third-order valence-electron chi connectivity index (χ3n) is 5.36. The van der Waals surface area contributed by atoms with Crippen LogP contribution in [0.2, 0.25) is 0 Å². The van der Waals surface area contributed by atoms with Crippen LogP contribution in [0, 0.1) is 0 Å². The number of hydrogen-bond donors (Lipinski definition) is 0. The van der Waals surface area contributed by atoms with E-state index >= 15 is 0 Å². The van der Waals surface area contributed by atoms with Gasteiger partial charge in [-0.25, -0.2) is 4.98 Å². The lowest BCUT2D eigenvalue weighted by molar-refractivity contribution is 0.0984. The predicted octanol–water partition coefficient (Wildman–Crippen LogP) is 6.13. The molecule has 0 atom stereocenters. The van der Waals surface area contributed by atoms with Gasteiger partial charge in [0.25, 0.3) is 5.91 Å². The maximum atomic E-state index is 14.1. The van der Waals surface area contributed by atoms with Crippen molar-refractivity contribution in [3.05, 3.63) is 66.0 Å². The average molecular weight is 522 g/mol. The molecule has 2 aromatic carbocycles. The quantitative estimate of drug-likeness (QED) is 0.222. The smallest absolute Gasteiger partial charge is 0.260 e. The summed E-state index contributed by atoms with van der Waals surface area (Å²) in [6, 6.07) is 12.9. The molecule has 194 valence electrons. The molecule has 0 aliphatic rings. The van der Waals surface area contributed by atoms with Gasteiger partial charge in [0, 0.05) is 18.0 Å². The highest BCUT2D eigenvalue weighted by atomic mass is 32.1. The van der Waals surface area contributed by atoms with E-state index in [4.69, 9.17) is 23.9 Å². The lowest BCUT2D eigenvalue weighted by atomic mass is 10.1. The summed E-state index contributed by atoms with van der Waals surface area (Å²) in [4.78, 5) is 24.7. The second-order valence-electron chi connectivity index (χ2n) is 7.91. The molecule has 9 heteroatoms. The summed E-state index contributed by atoms with van der Waals surface area (Å²) in [7, 11) is 0. The number of carbonyl (C=O) groups is 1. The van der Waals surface area contributed by atoms with Crippen LogP contribution < -0.4 is 23.8 Å². The number of benzene rings is 2. The van der Waals surface area contributed by atoms with Gasteiger partial charge in [0.1, 0.15) is 5.75 Å². The van der Waals surface area contributed by atoms with Gasteiger partial charge in [-0.15, -0.1) is 0 Å². The van der Waals surface area contributed by atoms with E-state index in [1.807, 2.05) is 58.0 Å². The number of fused-ring (bicyclic) bond motifs is 1. The Labute approximate surface area is 220 Å². The van der Waals surface area contributed by atoms with Crippen molar-refractivity contribution in [3.63, 3.8) is 0 Å². The Kier molecular flexibility index (Phi) is 8.79. The number of aromatic nitrogens is 2. The van der Waals surface area contributed by atoms with Crippen LogP contribution in [0.5, 0.6) is 23.0 Å². The first kappa shape index (κ1) is 26.2. The molecule has 4 rings (SSSR count). The zero-order valence-electron chi connectivity index (χ0n) is 21.5. The van der Waals surface area contributed by atoms with Crippen molar-refractivity contribution in [1.29, 1.82) is 0 Å². The van der Waals surface area contributed by atoms with Gasteiger partial charge in [-0.2, -0.15) is 0 Å². The predicted molar refractivity (Wildman–Crippen MR) is 145 cm³/mol. The van der Waals surface area contributed by atoms with Gasteiger partial charge in [-0.1, -0.05) is 17.4 Å². The van der Waals surface area contributed by atoms with E-state index in [1.54, 1.807) is 29.4 Å². The van der Waals surface area contributed by atoms with Crippen LogP contribution in [-0.2, 0) is 6.54 Å². The monoisotopic (exact) mass is 521 g/mol. The highest BCUT2D eigenvalue weighted by Crippen LogP contribution is 2.40. The van der Waals surface area contributed by atoms with E-state index in [2.05, 4.69) is 4.98 Å². The van der Waals surface area contributed by atoms with Crippen molar-refractivity contribution >= 4 is 32.6 Å². The van der Waals surface area contributed by atoms with E-state index < -0.39 is 0 Å². The molecule has 0 radical (unpaired) electrons. The minimum absolute atomic E-state index is 0.238. The molecule has 8 nitrogen and oxygen atoms in total. The van der Waals surface area contributed by atoms with Crippen LogP contribution in [0.3, 0.4) is 0 Å². The number of nitrogens with zero attached hydrogens (tertiary/aromatic N) is 3. The Balaban J connectivity index is 1.80. The van der Waals surface area contributed by atoms with Gasteiger partial charge in [0.2, 0.25) is 5.75 Å². The van der Waals surface area contributed by atoms with Crippen molar-refractivity contribution in [2.24, 2.45) is 0 Å². The molecule has 37 heavy (non-hydrogen) atoms. The molecule has 2 heterocycles. The fraction of sp³-hybridized carbons (Fsp3) is 0.321. The third-order valence-corrected chi connectivity index (χ3v) is 6.40. The zero-order chi connectivity index (χ0) is 26.2. The summed E-state index contributed by atoms with van der Waals surface area (Å²) in [6.45, 7) is 9.76. The SMILES string of the molecule is CCOc1ccc2nc(N(Cc3cccnc3)C(=O)c3cc(OCC)c(OCC)c(OCC)c3)sc2c1. The fourth-order valence-corrected chi connectivity index (χ4v) is 4.82. The number of carbonyl (C=O) groups excluding carboxylic acids is 1. The number of amides is 1.